The zero-order valence-corrected chi connectivity index (χ0v) is 10.5. The fraction of sp³-hybridized carbons (Fsp3) is 0.800. The average Bonchev–Trinajstić information content (AvgIpc) is 2.54. The second-order valence-corrected chi connectivity index (χ2v) is 9.97. The number of carbonyl (C=O) groups is 2. The van der Waals surface area contributed by atoms with Crippen LogP contribution in [0, 0.1) is 11.8 Å². The Balaban J connectivity index is 2.05. The fourth-order valence-electron chi connectivity index (χ4n) is 2.51. The highest BCUT2D eigenvalue weighted by atomic mass is 28.4. The van der Waals surface area contributed by atoms with Gasteiger partial charge in [-0.1, -0.05) is 0 Å². The van der Waals surface area contributed by atoms with Crippen molar-refractivity contribution in [2.75, 3.05) is 0 Å². The molecule has 2 saturated carbocycles. The molecule has 0 heterocycles. The molecule has 4 unspecified atom stereocenters. The van der Waals surface area contributed by atoms with E-state index in [9.17, 15) is 14.0 Å². The second kappa shape index (κ2) is 3.13. The first-order valence-corrected chi connectivity index (χ1v) is 8.72. The van der Waals surface area contributed by atoms with Crippen molar-refractivity contribution in [2.24, 2.45) is 11.8 Å². The van der Waals surface area contributed by atoms with Crippen LogP contribution in [-0.2, 0) is 14.0 Å². The highest BCUT2D eigenvalue weighted by Crippen LogP contribution is 2.62. The Morgan fingerprint density at radius 2 is 2.12 bits per heavy atom. The maximum atomic E-state index is 13.7. The Morgan fingerprint density at radius 1 is 1.56 bits per heavy atom. The minimum absolute atomic E-state index is 0.219. The number of hydrogen-bond donors (Lipinski definition) is 1. The number of carbonyl (C=O) groups excluding carboxylic acids is 1. The summed E-state index contributed by atoms with van der Waals surface area (Å²) >= 11 is 0. The molecule has 90 valence electrons. The number of carboxylic acids is 1. The minimum atomic E-state index is -2.31. The molecule has 0 amide bonds. The van der Waals surface area contributed by atoms with Gasteiger partial charge in [0.1, 0.15) is 6.10 Å². The van der Waals surface area contributed by atoms with Crippen molar-refractivity contribution in [3.63, 3.8) is 0 Å². The third kappa shape index (κ3) is 1.51. The number of carboxylic acid groups (broad SMARTS) is 1. The molecular weight excluding hydrogens is 231 g/mol. The Kier molecular flexibility index (Phi) is 2.30. The molecule has 2 fully saturated rings. The van der Waals surface area contributed by atoms with Crippen molar-refractivity contribution < 1.29 is 23.5 Å². The van der Waals surface area contributed by atoms with Crippen LogP contribution in [0.1, 0.15) is 6.42 Å². The van der Waals surface area contributed by atoms with Crippen LogP contribution in [0.5, 0.6) is 0 Å². The molecule has 2 aliphatic rings. The number of rotatable bonds is 3. The quantitative estimate of drug-likeness (QED) is 0.760. The summed E-state index contributed by atoms with van der Waals surface area (Å²) in [5, 5.41) is 8.70. The van der Waals surface area contributed by atoms with E-state index in [-0.39, 0.29) is 12.2 Å². The van der Waals surface area contributed by atoms with E-state index in [0.29, 0.717) is 0 Å². The lowest BCUT2D eigenvalue weighted by Gasteiger charge is -2.24. The molecule has 16 heavy (non-hydrogen) atoms. The van der Waals surface area contributed by atoms with Crippen LogP contribution in [0.25, 0.3) is 0 Å². The molecule has 6 heteroatoms. The molecule has 4 nitrogen and oxygen atoms in total. The van der Waals surface area contributed by atoms with Crippen molar-refractivity contribution in [3.8, 4) is 0 Å². The van der Waals surface area contributed by atoms with Crippen LogP contribution in [0.2, 0.25) is 19.6 Å². The lowest BCUT2D eigenvalue weighted by Crippen LogP contribution is -2.39. The summed E-state index contributed by atoms with van der Waals surface area (Å²) in [6, 6.07) is 0. The SMILES string of the molecule is C[Si](C)(C)OC1CC2C(C1=O)C2(F)C(=O)O. The third-order valence-electron chi connectivity index (χ3n) is 3.20. The summed E-state index contributed by atoms with van der Waals surface area (Å²) in [6.45, 7) is 5.85. The van der Waals surface area contributed by atoms with Crippen LogP contribution >= 0.6 is 0 Å². The Morgan fingerprint density at radius 3 is 2.44 bits per heavy atom. The number of alkyl halides is 1. The minimum Gasteiger partial charge on any atom is -0.479 e. The van der Waals surface area contributed by atoms with Gasteiger partial charge in [-0.3, -0.25) is 4.79 Å². The molecule has 0 spiro atoms. The maximum Gasteiger partial charge on any atom is 0.342 e. The van der Waals surface area contributed by atoms with Gasteiger partial charge in [-0.15, -0.1) is 0 Å². The summed E-state index contributed by atoms with van der Waals surface area (Å²) < 4.78 is 19.3. The van der Waals surface area contributed by atoms with Crippen LogP contribution < -0.4 is 0 Å². The zero-order chi connectivity index (χ0) is 12.3. The monoisotopic (exact) mass is 246 g/mol. The van der Waals surface area contributed by atoms with E-state index in [1.807, 2.05) is 19.6 Å². The van der Waals surface area contributed by atoms with Crippen LogP contribution in [0.3, 0.4) is 0 Å². The topological polar surface area (TPSA) is 63.6 Å². The normalized spacial score (nSPS) is 42.0. The Hall–Kier alpha value is -0.753. The maximum absolute atomic E-state index is 13.7. The lowest BCUT2D eigenvalue weighted by molar-refractivity contribution is -0.148. The predicted molar refractivity (Wildman–Crippen MR) is 56.3 cm³/mol. The number of hydrogen-bond acceptors (Lipinski definition) is 3. The van der Waals surface area contributed by atoms with Gasteiger partial charge in [0.05, 0.1) is 5.92 Å². The average molecular weight is 246 g/mol. The van der Waals surface area contributed by atoms with Gasteiger partial charge in [-0.2, -0.15) is 0 Å². The largest absolute Gasteiger partial charge is 0.479 e. The van der Waals surface area contributed by atoms with E-state index in [0.717, 1.165) is 0 Å². The number of Topliss-reactive ketones (excluding diaryl/α,β-unsaturated/α-hetero) is 1. The van der Waals surface area contributed by atoms with Gasteiger partial charge >= 0.3 is 5.97 Å². The number of ketones is 1. The fourth-order valence-corrected chi connectivity index (χ4v) is 3.58. The predicted octanol–water partition coefficient (Wildman–Crippen LogP) is 1.22. The Bertz CT molecular complexity index is 364. The van der Waals surface area contributed by atoms with Crippen molar-refractivity contribution in [2.45, 2.75) is 37.8 Å². The van der Waals surface area contributed by atoms with Crippen molar-refractivity contribution in [1.29, 1.82) is 0 Å². The molecule has 0 bridgehead atoms. The summed E-state index contributed by atoms with van der Waals surface area (Å²) in [7, 11) is -1.84. The van der Waals surface area contributed by atoms with E-state index in [1.165, 1.54) is 0 Å². The van der Waals surface area contributed by atoms with Crippen LogP contribution in [-0.4, -0.2) is 36.9 Å². The first kappa shape index (κ1) is 11.7. The molecule has 0 aromatic carbocycles. The first-order valence-electron chi connectivity index (χ1n) is 5.32. The second-order valence-electron chi connectivity index (χ2n) is 5.51. The standard InChI is InChI=1S/C10H15FO4Si/c1-16(2,3)15-6-4-5-7(8(6)12)10(5,11)9(13)14/h5-7H,4H2,1-3H3,(H,13,14). The number of aliphatic carboxylic acids is 1. The number of fused-ring (bicyclic) bond motifs is 1. The molecule has 0 aromatic rings. The number of halogens is 1. The first-order chi connectivity index (χ1) is 7.18. The lowest BCUT2D eigenvalue weighted by atomic mass is 10.1. The van der Waals surface area contributed by atoms with Gasteiger partial charge in [-0.25, -0.2) is 9.18 Å². The van der Waals surface area contributed by atoms with E-state index in [2.05, 4.69) is 0 Å². The highest BCUT2D eigenvalue weighted by Gasteiger charge is 2.79. The third-order valence-corrected chi connectivity index (χ3v) is 4.19. The van der Waals surface area contributed by atoms with Gasteiger partial charge in [0, 0.05) is 5.92 Å². The molecule has 2 rings (SSSR count). The molecule has 0 aromatic heterocycles. The Labute approximate surface area is 93.9 Å². The van der Waals surface area contributed by atoms with E-state index >= 15 is 0 Å². The van der Waals surface area contributed by atoms with Gasteiger partial charge in [-0.05, 0) is 26.1 Å². The van der Waals surface area contributed by atoms with Crippen LogP contribution in [0.4, 0.5) is 4.39 Å². The molecule has 0 aliphatic heterocycles. The van der Waals surface area contributed by atoms with E-state index in [4.69, 9.17) is 9.53 Å². The zero-order valence-electron chi connectivity index (χ0n) is 9.49. The molecule has 0 saturated heterocycles. The summed E-state index contributed by atoms with van der Waals surface area (Å²) in [5.41, 5.74) is -2.31. The van der Waals surface area contributed by atoms with E-state index in [1.54, 1.807) is 0 Å². The molecule has 4 atom stereocenters. The van der Waals surface area contributed by atoms with Crippen LogP contribution in [0.15, 0.2) is 0 Å². The van der Waals surface area contributed by atoms with Gasteiger partial charge in [0.15, 0.2) is 14.1 Å². The smallest absolute Gasteiger partial charge is 0.342 e. The molecule has 1 N–H and O–H groups in total. The van der Waals surface area contributed by atoms with Gasteiger partial charge in [0.25, 0.3) is 0 Å². The molecule has 2 aliphatic carbocycles. The molecular formula is C10H15FO4Si. The summed E-state index contributed by atoms with van der Waals surface area (Å²) in [6.07, 6.45) is -0.360. The van der Waals surface area contributed by atoms with Gasteiger partial charge in [0.2, 0.25) is 5.67 Å². The summed E-state index contributed by atoms with van der Waals surface area (Å²) in [5.74, 6) is -3.51. The molecule has 0 radical (unpaired) electrons. The van der Waals surface area contributed by atoms with Crippen molar-refractivity contribution >= 4 is 20.1 Å². The van der Waals surface area contributed by atoms with E-state index < -0.39 is 37.9 Å². The van der Waals surface area contributed by atoms with Crippen molar-refractivity contribution in [3.05, 3.63) is 0 Å². The van der Waals surface area contributed by atoms with Crippen molar-refractivity contribution in [1.82, 2.24) is 0 Å². The summed E-state index contributed by atoms with van der Waals surface area (Å²) in [4.78, 5) is 22.4. The van der Waals surface area contributed by atoms with Gasteiger partial charge < -0.3 is 9.53 Å². The highest BCUT2D eigenvalue weighted by molar-refractivity contribution is 6.69.